The molecule has 4 aromatic rings. The van der Waals surface area contributed by atoms with Crippen LogP contribution < -0.4 is 5.73 Å². The molecule has 0 bridgehead atoms. The Morgan fingerprint density at radius 2 is 1.48 bits per heavy atom. The zero-order chi connectivity index (χ0) is 30.3. The average molecular weight is 591 g/mol. The second kappa shape index (κ2) is 13.7. The molecule has 1 amide bonds. The fraction of sp³-hybridized carbons (Fsp3) is 0.235. The number of carbonyl (C=O) groups excluding carboxylic acids is 2. The van der Waals surface area contributed by atoms with Gasteiger partial charge in [0.05, 0.1) is 12.3 Å². The lowest BCUT2D eigenvalue weighted by molar-refractivity contribution is -0.157. The van der Waals surface area contributed by atoms with Crippen LogP contribution in [-0.4, -0.2) is 36.4 Å². The van der Waals surface area contributed by atoms with Gasteiger partial charge in [-0.05, 0) is 31.0 Å². The predicted octanol–water partition coefficient (Wildman–Crippen LogP) is 6.51. The number of ether oxygens (including phenoxy) is 1. The van der Waals surface area contributed by atoms with E-state index in [0.717, 1.165) is 12.1 Å². The van der Waals surface area contributed by atoms with E-state index < -0.39 is 35.0 Å². The molecule has 4 aromatic carbocycles. The Labute approximate surface area is 249 Å². The second-order valence-electron chi connectivity index (χ2n) is 10.2. The molecule has 0 heterocycles. The van der Waals surface area contributed by atoms with Gasteiger partial charge < -0.3 is 15.4 Å². The van der Waals surface area contributed by atoms with Gasteiger partial charge in [0.2, 0.25) is 5.91 Å². The van der Waals surface area contributed by atoms with Gasteiger partial charge in [0, 0.05) is 47.4 Å². The highest BCUT2D eigenvalue weighted by molar-refractivity contribution is 6.31. The number of halogens is 3. The number of likely N-dealkylation sites (N-methyl/N-ethyl adjacent to an activating group) is 1. The van der Waals surface area contributed by atoms with Crippen molar-refractivity contribution < 1.29 is 23.1 Å². The fourth-order valence-electron chi connectivity index (χ4n) is 5.02. The largest absolute Gasteiger partial charge is 0.444 e. The quantitative estimate of drug-likeness (QED) is 0.160. The van der Waals surface area contributed by atoms with E-state index in [2.05, 4.69) is 0 Å². The number of rotatable bonds is 11. The maximum absolute atomic E-state index is 14.7. The standard InChI is InChI=1S/C34H33ClF2N2O3/c1-23(22-38)39(2)33(41)25(19-24-17-18-28(36)21-31(24)37)20-32(40)42-34(26-11-5-3-6-12-26,27-13-7-4-8-14-27)29-15-9-10-16-30(29)35/h3-18,21,23,25H,19-20,22,38H2,1-2H3/t23-,25+/m0/s1. The van der Waals surface area contributed by atoms with Gasteiger partial charge >= 0.3 is 5.97 Å². The van der Waals surface area contributed by atoms with E-state index >= 15 is 0 Å². The summed E-state index contributed by atoms with van der Waals surface area (Å²) in [6.45, 7) is 1.97. The van der Waals surface area contributed by atoms with E-state index in [4.69, 9.17) is 22.1 Å². The van der Waals surface area contributed by atoms with E-state index in [9.17, 15) is 18.4 Å². The van der Waals surface area contributed by atoms with Gasteiger partial charge in [-0.1, -0.05) is 96.5 Å². The monoisotopic (exact) mass is 590 g/mol. The molecule has 218 valence electrons. The first-order valence-electron chi connectivity index (χ1n) is 13.7. The Hall–Kier alpha value is -4.07. The van der Waals surface area contributed by atoms with Crippen LogP contribution in [0.4, 0.5) is 8.78 Å². The van der Waals surface area contributed by atoms with E-state index in [-0.39, 0.29) is 31.0 Å². The fourth-order valence-corrected chi connectivity index (χ4v) is 5.29. The maximum atomic E-state index is 14.7. The average Bonchev–Trinajstić information content (AvgIpc) is 3.01. The highest BCUT2D eigenvalue weighted by atomic mass is 35.5. The van der Waals surface area contributed by atoms with Crippen molar-refractivity contribution in [2.24, 2.45) is 11.7 Å². The van der Waals surface area contributed by atoms with Crippen molar-refractivity contribution in [2.45, 2.75) is 31.4 Å². The second-order valence-corrected chi connectivity index (χ2v) is 10.6. The summed E-state index contributed by atoms with van der Waals surface area (Å²) in [5.74, 6) is -3.64. The van der Waals surface area contributed by atoms with E-state index in [1.165, 1.54) is 11.0 Å². The Kier molecular flexibility index (Phi) is 10.1. The Morgan fingerprint density at radius 3 is 2.02 bits per heavy atom. The highest BCUT2D eigenvalue weighted by Crippen LogP contribution is 2.44. The number of hydrogen-bond acceptors (Lipinski definition) is 4. The molecule has 5 nitrogen and oxygen atoms in total. The van der Waals surface area contributed by atoms with E-state index in [0.29, 0.717) is 21.7 Å². The SMILES string of the molecule is C[C@@H](CN)N(C)C(=O)[C@@H](CC(=O)OC(c1ccccc1)(c1ccccc1)c1ccccc1Cl)Cc1ccc(F)cc1F. The van der Waals surface area contributed by atoms with Crippen molar-refractivity contribution in [3.63, 3.8) is 0 Å². The molecule has 42 heavy (non-hydrogen) atoms. The maximum Gasteiger partial charge on any atom is 0.308 e. The lowest BCUT2D eigenvalue weighted by Gasteiger charge is -2.36. The van der Waals surface area contributed by atoms with Crippen LogP contribution in [0.2, 0.25) is 5.02 Å². The number of esters is 1. The minimum Gasteiger partial charge on any atom is -0.444 e. The van der Waals surface area contributed by atoms with Crippen molar-refractivity contribution in [1.29, 1.82) is 0 Å². The van der Waals surface area contributed by atoms with Gasteiger partial charge in [0.1, 0.15) is 11.6 Å². The Morgan fingerprint density at radius 1 is 0.905 bits per heavy atom. The van der Waals surface area contributed by atoms with Crippen LogP contribution in [-0.2, 0) is 26.3 Å². The van der Waals surface area contributed by atoms with Crippen LogP contribution in [0.15, 0.2) is 103 Å². The van der Waals surface area contributed by atoms with Crippen molar-refractivity contribution in [1.82, 2.24) is 4.90 Å². The molecule has 0 fully saturated rings. The smallest absolute Gasteiger partial charge is 0.308 e. The molecule has 0 spiro atoms. The third-order valence-electron chi connectivity index (χ3n) is 7.47. The lowest BCUT2D eigenvalue weighted by Crippen LogP contribution is -2.44. The molecule has 8 heteroatoms. The van der Waals surface area contributed by atoms with Crippen LogP contribution in [0.5, 0.6) is 0 Å². The topological polar surface area (TPSA) is 72.6 Å². The molecule has 0 aliphatic rings. The van der Waals surface area contributed by atoms with Gasteiger partial charge in [-0.2, -0.15) is 0 Å². The summed E-state index contributed by atoms with van der Waals surface area (Å²) in [6, 6.07) is 28.4. The predicted molar refractivity (Wildman–Crippen MR) is 160 cm³/mol. The van der Waals surface area contributed by atoms with Gasteiger partial charge in [-0.25, -0.2) is 8.78 Å². The number of nitrogens with two attached hydrogens (primary N) is 1. The van der Waals surface area contributed by atoms with Crippen LogP contribution in [0.3, 0.4) is 0 Å². The summed E-state index contributed by atoms with van der Waals surface area (Å²) in [5, 5.41) is 0.385. The van der Waals surface area contributed by atoms with E-state index in [1.54, 1.807) is 32.2 Å². The number of nitrogens with zero attached hydrogens (tertiary/aromatic N) is 1. The molecular formula is C34H33ClF2N2O3. The molecule has 2 N–H and O–H groups in total. The minimum absolute atomic E-state index is 0.111. The number of amides is 1. The first-order chi connectivity index (χ1) is 20.2. The Bertz CT molecular complexity index is 1480. The molecule has 0 saturated heterocycles. The van der Waals surface area contributed by atoms with Crippen molar-refractivity contribution in [2.75, 3.05) is 13.6 Å². The molecule has 2 atom stereocenters. The van der Waals surface area contributed by atoms with Crippen LogP contribution in [0.25, 0.3) is 0 Å². The highest BCUT2D eigenvalue weighted by Gasteiger charge is 2.43. The zero-order valence-corrected chi connectivity index (χ0v) is 24.2. The van der Waals surface area contributed by atoms with Crippen molar-refractivity contribution in [3.05, 3.63) is 142 Å². The molecule has 0 saturated carbocycles. The number of carbonyl (C=O) groups is 2. The van der Waals surface area contributed by atoms with Crippen LogP contribution >= 0.6 is 11.6 Å². The van der Waals surface area contributed by atoms with Gasteiger partial charge in [-0.3, -0.25) is 9.59 Å². The van der Waals surface area contributed by atoms with Gasteiger partial charge in [0.15, 0.2) is 5.60 Å². The minimum atomic E-state index is -1.46. The van der Waals surface area contributed by atoms with Crippen LogP contribution in [0.1, 0.15) is 35.6 Å². The van der Waals surface area contributed by atoms with Crippen molar-refractivity contribution in [3.8, 4) is 0 Å². The van der Waals surface area contributed by atoms with Gasteiger partial charge in [-0.15, -0.1) is 0 Å². The molecule has 0 radical (unpaired) electrons. The lowest BCUT2D eigenvalue weighted by atomic mass is 9.80. The van der Waals surface area contributed by atoms with Crippen molar-refractivity contribution >= 4 is 23.5 Å². The Balaban J connectivity index is 1.79. The summed E-state index contributed by atoms with van der Waals surface area (Å²) in [4.78, 5) is 29.1. The van der Waals surface area contributed by atoms with E-state index in [1.807, 2.05) is 66.7 Å². The zero-order valence-electron chi connectivity index (χ0n) is 23.5. The third kappa shape index (κ3) is 6.69. The summed E-state index contributed by atoms with van der Waals surface area (Å²) in [5.41, 5.74) is 6.30. The molecule has 0 aliphatic heterocycles. The summed E-state index contributed by atoms with van der Waals surface area (Å²) < 4.78 is 34.8. The number of benzene rings is 4. The normalized spacial score (nSPS) is 12.8. The number of hydrogen-bond donors (Lipinski definition) is 1. The third-order valence-corrected chi connectivity index (χ3v) is 7.80. The first-order valence-corrected chi connectivity index (χ1v) is 14.0. The summed E-state index contributed by atoms with van der Waals surface area (Å²) in [6.07, 6.45) is -0.513. The molecular weight excluding hydrogens is 558 g/mol. The summed E-state index contributed by atoms with van der Waals surface area (Å²) >= 11 is 6.74. The van der Waals surface area contributed by atoms with Gasteiger partial charge in [0.25, 0.3) is 0 Å². The van der Waals surface area contributed by atoms with Crippen LogP contribution in [0, 0.1) is 17.6 Å². The molecule has 0 aromatic heterocycles. The first kappa shape index (κ1) is 30.9. The summed E-state index contributed by atoms with van der Waals surface area (Å²) in [7, 11) is 1.58. The molecule has 4 rings (SSSR count). The molecule has 0 unspecified atom stereocenters. The molecule has 0 aliphatic carbocycles.